The molecule has 0 aliphatic rings. The van der Waals surface area contributed by atoms with Crippen LogP contribution >= 0.6 is 7.82 Å². The van der Waals surface area contributed by atoms with Crippen molar-refractivity contribution in [2.24, 2.45) is 0 Å². The highest BCUT2D eigenvalue weighted by molar-refractivity contribution is 7.46. The summed E-state index contributed by atoms with van der Waals surface area (Å²) in [7, 11) is -4.79. The average Bonchev–Trinajstić information content (AvgIpc) is 3.15. The minimum Gasteiger partial charge on any atom is -0.462 e. The van der Waals surface area contributed by atoms with Crippen LogP contribution in [0.5, 0.6) is 0 Å². The van der Waals surface area contributed by atoms with Gasteiger partial charge in [-0.2, -0.15) is 0 Å². The number of rotatable bonds is 38. The Labute approximate surface area is 334 Å². The van der Waals surface area contributed by atoms with Crippen molar-refractivity contribution >= 4 is 19.8 Å². The monoisotopic (exact) mass is 793 g/mol. The van der Waals surface area contributed by atoms with E-state index in [0.29, 0.717) is 32.1 Å². The normalized spacial score (nSPS) is 13.8. The maximum atomic E-state index is 12.4. The van der Waals surface area contributed by atoms with Crippen LogP contribution in [0.2, 0.25) is 0 Å². The summed E-state index contributed by atoms with van der Waals surface area (Å²) in [4.78, 5) is 42.8. The van der Waals surface area contributed by atoms with Gasteiger partial charge in [0.2, 0.25) is 0 Å². The van der Waals surface area contributed by atoms with Crippen molar-refractivity contribution in [3.05, 3.63) is 72.9 Å². The summed E-state index contributed by atoms with van der Waals surface area (Å²) < 4.78 is 26.3. The lowest BCUT2D eigenvalue weighted by molar-refractivity contribution is -0.161. The molecule has 0 saturated heterocycles. The number of phosphoric acid groups is 1. The number of hydrogen-bond acceptors (Lipinski definition) is 7. The average molecular weight is 793 g/mol. The highest BCUT2D eigenvalue weighted by Gasteiger charge is 2.22. The van der Waals surface area contributed by atoms with E-state index in [1.165, 1.54) is 83.5 Å². The number of allylic oxidation sites excluding steroid dienone is 10. The minimum absolute atomic E-state index is 0.0984. The Morgan fingerprint density at radius 2 is 1.11 bits per heavy atom. The van der Waals surface area contributed by atoms with Gasteiger partial charge >= 0.3 is 19.8 Å². The van der Waals surface area contributed by atoms with Crippen molar-refractivity contribution in [2.45, 2.75) is 187 Å². The predicted molar refractivity (Wildman–Crippen MR) is 226 cm³/mol. The summed E-state index contributed by atoms with van der Waals surface area (Å²) in [5.74, 6) is -0.998. The third-order valence-electron chi connectivity index (χ3n) is 8.79. The largest absolute Gasteiger partial charge is 0.469 e. The quantitative estimate of drug-likeness (QED) is 0.0183. The molecule has 0 radical (unpaired) electrons. The van der Waals surface area contributed by atoms with E-state index in [2.05, 4.69) is 42.7 Å². The van der Waals surface area contributed by atoms with E-state index in [-0.39, 0.29) is 19.4 Å². The minimum atomic E-state index is -4.79. The molecular weight excluding hydrogens is 715 g/mol. The standard InChI is InChI=1S/C45H77O9P/c1-3-5-7-9-11-12-13-14-15-16-17-18-19-20-21-22-26-30-34-38-44(47)52-40-43(41-53-55(49,50)51)54-45(48)39-35-31-27-24-23-25-29-33-37-42(46)36-32-28-10-8-6-4-2/h6,8,14-15,24-25,27-29,32-33,37,42-43,46H,3-5,7,9-13,16-23,26,30-31,34-36,38-41H2,1-2H3,(H2,49,50,51)/b8-6-,15-14-,27-24-,29-25-,32-28-,37-33+/t42?,43-/m1/s1. The maximum Gasteiger partial charge on any atom is 0.469 e. The molecule has 0 amide bonds. The first kappa shape index (κ1) is 52.5. The molecular formula is C45H77O9P. The molecule has 0 aromatic rings. The van der Waals surface area contributed by atoms with Crippen LogP contribution in [0.15, 0.2) is 72.9 Å². The highest BCUT2D eigenvalue weighted by atomic mass is 31.2. The van der Waals surface area contributed by atoms with Crippen LogP contribution in [0.4, 0.5) is 0 Å². The molecule has 0 saturated carbocycles. The fraction of sp³-hybridized carbons (Fsp3) is 0.689. The molecule has 0 bridgehead atoms. The number of aliphatic hydroxyl groups is 1. The number of carbonyl (C=O) groups is 2. The van der Waals surface area contributed by atoms with Crippen LogP contribution in [0.25, 0.3) is 0 Å². The van der Waals surface area contributed by atoms with Crippen LogP contribution in [0, 0.1) is 0 Å². The molecule has 0 heterocycles. The van der Waals surface area contributed by atoms with Crippen LogP contribution in [-0.2, 0) is 28.2 Å². The molecule has 0 aromatic heterocycles. The fourth-order valence-corrected chi connectivity index (χ4v) is 5.97. The van der Waals surface area contributed by atoms with Gasteiger partial charge in [-0.25, -0.2) is 4.57 Å². The van der Waals surface area contributed by atoms with E-state index < -0.39 is 38.6 Å². The number of phosphoric ester groups is 1. The first-order valence-electron chi connectivity index (χ1n) is 21.3. The van der Waals surface area contributed by atoms with Gasteiger partial charge in [0.25, 0.3) is 0 Å². The van der Waals surface area contributed by atoms with Gasteiger partial charge in [0, 0.05) is 12.8 Å². The van der Waals surface area contributed by atoms with E-state index in [9.17, 15) is 19.3 Å². The van der Waals surface area contributed by atoms with E-state index in [1.54, 1.807) is 6.08 Å². The summed E-state index contributed by atoms with van der Waals surface area (Å²) in [5.41, 5.74) is 0. The molecule has 10 heteroatoms. The molecule has 9 nitrogen and oxygen atoms in total. The topological polar surface area (TPSA) is 140 Å². The second kappa shape index (κ2) is 39.7. The Morgan fingerprint density at radius 3 is 1.75 bits per heavy atom. The number of hydrogen-bond donors (Lipinski definition) is 3. The molecule has 0 aliphatic heterocycles. The Morgan fingerprint density at radius 1 is 0.582 bits per heavy atom. The van der Waals surface area contributed by atoms with Crippen molar-refractivity contribution in [2.75, 3.05) is 13.2 Å². The summed E-state index contributed by atoms with van der Waals surface area (Å²) >= 11 is 0. The summed E-state index contributed by atoms with van der Waals surface area (Å²) in [6, 6.07) is 0. The van der Waals surface area contributed by atoms with Gasteiger partial charge in [-0.05, 0) is 70.6 Å². The maximum absolute atomic E-state index is 12.4. The summed E-state index contributed by atoms with van der Waals surface area (Å²) in [6.45, 7) is 3.44. The molecule has 3 N–H and O–H groups in total. The van der Waals surface area contributed by atoms with E-state index in [4.69, 9.17) is 19.3 Å². The molecule has 316 valence electrons. The molecule has 55 heavy (non-hydrogen) atoms. The zero-order valence-corrected chi connectivity index (χ0v) is 35.3. The van der Waals surface area contributed by atoms with Gasteiger partial charge in [0.1, 0.15) is 6.61 Å². The lowest BCUT2D eigenvalue weighted by Gasteiger charge is -2.18. The Hall–Kier alpha value is -2.55. The Kier molecular flexibility index (Phi) is 37.8. The lowest BCUT2D eigenvalue weighted by Crippen LogP contribution is -2.29. The number of unbranched alkanes of at least 4 members (excludes halogenated alkanes) is 16. The fourth-order valence-electron chi connectivity index (χ4n) is 5.60. The van der Waals surface area contributed by atoms with Crippen LogP contribution in [-0.4, -0.2) is 52.3 Å². The molecule has 0 fully saturated rings. The number of carbonyl (C=O) groups excluding carboxylic acids is 2. The lowest BCUT2D eigenvalue weighted by atomic mass is 10.1. The first-order chi connectivity index (χ1) is 26.7. The smallest absolute Gasteiger partial charge is 0.462 e. The van der Waals surface area contributed by atoms with Gasteiger partial charge < -0.3 is 24.4 Å². The second-order valence-electron chi connectivity index (χ2n) is 14.1. The van der Waals surface area contributed by atoms with Gasteiger partial charge in [0.05, 0.1) is 12.7 Å². The zero-order chi connectivity index (χ0) is 40.5. The van der Waals surface area contributed by atoms with Crippen LogP contribution in [0.3, 0.4) is 0 Å². The van der Waals surface area contributed by atoms with Gasteiger partial charge in [0.15, 0.2) is 6.10 Å². The molecule has 2 atom stereocenters. The van der Waals surface area contributed by atoms with Crippen LogP contribution < -0.4 is 0 Å². The molecule has 1 unspecified atom stereocenters. The van der Waals surface area contributed by atoms with Crippen molar-refractivity contribution in [1.29, 1.82) is 0 Å². The molecule has 0 aliphatic carbocycles. The van der Waals surface area contributed by atoms with Gasteiger partial charge in [-0.1, -0.05) is 164 Å². The number of aliphatic hydroxyl groups excluding tert-OH is 1. The first-order valence-corrected chi connectivity index (χ1v) is 22.9. The third-order valence-corrected chi connectivity index (χ3v) is 9.27. The zero-order valence-electron chi connectivity index (χ0n) is 34.4. The van der Waals surface area contributed by atoms with E-state index >= 15 is 0 Å². The highest BCUT2D eigenvalue weighted by Crippen LogP contribution is 2.36. The molecule has 0 spiro atoms. The molecule has 0 rings (SSSR count). The predicted octanol–water partition coefficient (Wildman–Crippen LogP) is 12.0. The van der Waals surface area contributed by atoms with Crippen molar-refractivity contribution < 1.29 is 43.0 Å². The second-order valence-corrected chi connectivity index (χ2v) is 15.4. The Bertz CT molecular complexity index is 1140. The van der Waals surface area contributed by atoms with Gasteiger partial charge in [-0.15, -0.1) is 0 Å². The summed E-state index contributed by atoms with van der Waals surface area (Å²) in [6.07, 6.45) is 48.0. The van der Waals surface area contributed by atoms with Crippen molar-refractivity contribution in [1.82, 2.24) is 0 Å². The number of ether oxygens (including phenoxy) is 2. The third kappa shape index (κ3) is 42.4. The summed E-state index contributed by atoms with van der Waals surface area (Å²) in [5, 5.41) is 9.98. The SMILES string of the molecule is CC/C=C\C/C=C\CC(O)/C=C/C=C\C/C=C\CCCC(=O)O[C@H](COC(=O)CCCCCCCCCCC/C=C\CCCCCCCC)COP(=O)(O)O. The van der Waals surface area contributed by atoms with E-state index in [1.807, 2.05) is 42.5 Å². The molecule has 0 aromatic carbocycles. The Balaban J connectivity index is 4.06. The van der Waals surface area contributed by atoms with E-state index in [0.717, 1.165) is 32.1 Å². The number of esters is 2. The van der Waals surface area contributed by atoms with Crippen LogP contribution in [0.1, 0.15) is 174 Å². The van der Waals surface area contributed by atoms with Gasteiger partial charge in [-0.3, -0.25) is 14.1 Å². The van der Waals surface area contributed by atoms with Crippen molar-refractivity contribution in [3.63, 3.8) is 0 Å². The van der Waals surface area contributed by atoms with Crippen molar-refractivity contribution in [3.8, 4) is 0 Å².